The molecule has 3 heterocycles. The number of aryl methyl sites for hydroxylation is 2. The molecular weight excluding hydrogens is 320 g/mol. The first-order valence-corrected chi connectivity index (χ1v) is 8.67. The lowest BCUT2D eigenvalue weighted by Crippen LogP contribution is -2.11. The van der Waals surface area contributed by atoms with E-state index < -0.39 is 0 Å². The smallest absolute Gasteiger partial charge is 0.259 e. The number of rotatable bonds is 4. The van der Waals surface area contributed by atoms with Gasteiger partial charge in [-0.25, -0.2) is 9.67 Å². The zero-order valence-corrected chi connectivity index (χ0v) is 14.4. The maximum Gasteiger partial charge on any atom is 0.259 e. The van der Waals surface area contributed by atoms with Gasteiger partial charge in [0, 0.05) is 4.88 Å². The maximum absolute atomic E-state index is 12.2. The molecule has 7 nitrogen and oxygen atoms in total. The van der Waals surface area contributed by atoms with Gasteiger partial charge in [0.05, 0.1) is 17.2 Å². The van der Waals surface area contributed by atoms with E-state index in [4.69, 9.17) is 0 Å². The molecule has 0 saturated heterocycles. The lowest BCUT2D eigenvalue weighted by Gasteiger charge is -2.06. The predicted molar refractivity (Wildman–Crippen MR) is 87.5 cm³/mol. The van der Waals surface area contributed by atoms with Crippen molar-refractivity contribution < 1.29 is 0 Å². The van der Waals surface area contributed by atoms with Crippen LogP contribution < -0.4 is 5.56 Å². The lowest BCUT2D eigenvalue weighted by molar-refractivity contribution is 0.477. The second-order valence-electron chi connectivity index (χ2n) is 5.26. The van der Waals surface area contributed by atoms with Crippen LogP contribution in [0.15, 0.2) is 9.95 Å². The summed E-state index contributed by atoms with van der Waals surface area (Å²) in [4.78, 5) is 21.6. The Morgan fingerprint density at radius 3 is 2.86 bits per heavy atom. The van der Waals surface area contributed by atoms with Crippen molar-refractivity contribution in [1.29, 1.82) is 0 Å². The Morgan fingerprint density at radius 1 is 1.36 bits per heavy atom. The summed E-state index contributed by atoms with van der Waals surface area (Å²) < 4.78 is 1.75. The molecule has 0 amide bonds. The fraction of sp³-hybridized carbons (Fsp3) is 0.462. The Labute approximate surface area is 135 Å². The standard InChI is InChI=1S/C13H16N6OS2/c1-6(2)19-13(16-17-18-19)21-5-9-14-11(20)10-7(3)8(4)22-12(10)15-9/h6H,5H2,1-4H3,(H,14,15,20). The Bertz CT molecular complexity index is 878. The highest BCUT2D eigenvalue weighted by Gasteiger charge is 2.14. The first-order chi connectivity index (χ1) is 10.5. The second kappa shape index (κ2) is 5.81. The molecule has 0 atom stereocenters. The normalized spacial score (nSPS) is 11.7. The van der Waals surface area contributed by atoms with Crippen molar-refractivity contribution in [3.05, 3.63) is 26.6 Å². The number of H-pyrrole nitrogens is 1. The van der Waals surface area contributed by atoms with Crippen LogP contribution in [-0.4, -0.2) is 30.2 Å². The molecule has 0 aromatic carbocycles. The molecule has 0 unspecified atom stereocenters. The van der Waals surface area contributed by atoms with Crippen molar-refractivity contribution in [3.63, 3.8) is 0 Å². The van der Waals surface area contributed by atoms with Crippen molar-refractivity contribution in [1.82, 2.24) is 30.2 Å². The molecule has 3 aromatic heterocycles. The minimum atomic E-state index is -0.0779. The average Bonchev–Trinajstić information content (AvgIpc) is 3.02. The molecule has 0 radical (unpaired) electrons. The van der Waals surface area contributed by atoms with Crippen molar-refractivity contribution in [3.8, 4) is 0 Å². The number of aromatic nitrogens is 6. The zero-order chi connectivity index (χ0) is 15.9. The first-order valence-electron chi connectivity index (χ1n) is 6.87. The summed E-state index contributed by atoms with van der Waals surface area (Å²) in [6.07, 6.45) is 0. The zero-order valence-electron chi connectivity index (χ0n) is 12.7. The molecule has 0 aliphatic carbocycles. The minimum absolute atomic E-state index is 0.0779. The molecule has 0 saturated carbocycles. The van der Waals surface area contributed by atoms with Crippen LogP contribution in [0.25, 0.3) is 10.2 Å². The average molecular weight is 336 g/mol. The fourth-order valence-electron chi connectivity index (χ4n) is 2.11. The molecule has 1 N–H and O–H groups in total. The Hall–Kier alpha value is -1.74. The fourth-order valence-corrected chi connectivity index (χ4v) is 4.03. The van der Waals surface area contributed by atoms with Crippen LogP contribution >= 0.6 is 23.1 Å². The quantitative estimate of drug-likeness (QED) is 0.736. The third-order valence-corrected chi connectivity index (χ3v) is 5.42. The third-order valence-electron chi connectivity index (χ3n) is 3.38. The van der Waals surface area contributed by atoms with Gasteiger partial charge in [0.1, 0.15) is 10.7 Å². The number of hydrogen-bond donors (Lipinski definition) is 1. The van der Waals surface area contributed by atoms with Gasteiger partial charge < -0.3 is 4.98 Å². The van der Waals surface area contributed by atoms with Crippen molar-refractivity contribution in [2.75, 3.05) is 0 Å². The van der Waals surface area contributed by atoms with Crippen molar-refractivity contribution in [2.24, 2.45) is 0 Å². The number of aromatic amines is 1. The largest absolute Gasteiger partial charge is 0.309 e. The number of nitrogens with zero attached hydrogens (tertiary/aromatic N) is 5. The third kappa shape index (κ3) is 2.66. The number of hydrogen-bond acceptors (Lipinski definition) is 7. The lowest BCUT2D eigenvalue weighted by atomic mass is 10.2. The highest BCUT2D eigenvalue weighted by molar-refractivity contribution is 7.98. The van der Waals surface area contributed by atoms with E-state index in [-0.39, 0.29) is 11.6 Å². The molecule has 0 spiro atoms. The van der Waals surface area contributed by atoms with Crippen LogP contribution in [0.1, 0.15) is 36.2 Å². The van der Waals surface area contributed by atoms with Crippen LogP contribution in [0.5, 0.6) is 0 Å². The topological polar surface area (TPSA) is 89.3 Å². The van der Waals surface area contributed by atoms with Gasteiger partial charge in [0.2, 0.25) is 5.16 Å². The highest BCUT2D eigenvalue weighted by atomic mass is 32.2. The van der Waals surface area contributed by atoms with Gasteiger partial charge in [-0.15, -0.1) is 16.4 Å². The van der Waals surface area contributed by atoms with E-state index >= 15 is 0 Å². The van der Waals surface area contributed by atoms with E-state index in [0.717, 1.165) is 20.4 Å². The van der Waals surface area contributed by atoms with E-state index in [0.29, 0.717) is 17.0 Å². The molecule has 22 heavy (non-hydrogen) atoms. The van der Waals surface area contributed by atoms with Gasteiger partial charge in [-0.3, -0.25) is 4.79 Å². The van der Waals surface area contributed by atoms with Crippen LogP contribution in [0.2, 0.25) is 0 Å². The maximum atomic E-state index is 12.2. The van der Waals surface area contributed by atoms with Crippen molar-refractivity contribution >= 4 is 33.3 Å². The monoisotopic (exact) mass is 336 g/mol. The summed E-state index contributed by atoms with van der Waals surface area (Å²) >= 11 is 3.01. The molecular formula is C13H16N6OS2. The van der Waals surface area contributed by atoms with Crippen LogP contribution in [0.3, 0.4) is 0 Å². The molecule has 0 aliphatic rings. The minimum Gasteiger partial charge on any atom is -0.309 e. The summed E-state index contributed by atoms with van der Waals surface area (Å²) in [6, 6.07) is 0.189. The summed E-state index contributed by atoms with van der Waals surface area (Å²) in [5.74, 6) is 1.16. The van der Waals surface area contributed by atoms with E-state index in [1.165, 1.54) is 11.8 Å². The summed E-state index contributed by atoms with van der Waals surface area (Å²) in [6.45, 7) is 8.00. The van der Waals surface area contributed by atoms with Crippen molar-refractivity contribution in [2.45, 2.75) is 44.6 Å². The SMILES string of the molecule is Cc1sc2nc(CSc3nnnn3C(C)C)[nH]c(=O)c2c1C. The van der Waals surface area contributed by atoms with Gasteiger partial charge in [0.15, 0.2) is 0 Å². The number of thioether (sulfide) groups is 1. The van der Waals surface area contributed by atoms with Gasteiger partial charge in [-0.2, -0.15) is 0 Å². The summed E-state index contributed by atoms with van der Waals surface area (Å²) in [5.41, 5.74) is 0.933. The van der Waals surface area contributed by atoms with E-state index in [9.17, 15) is 4.79 Å². The van der Waals surface area contributed by atoms with E-state index in [1.807, 2.05) is 27.7 Å². The summed E-state index contributed by atoms with van der Waals surface area (Å²) in [5, 5.41) is 13.1. The number of fused-ring (bicyclic) bond motifs is 1. The van der Waals surface area contributed by atoms with Crippen LogP contribution in [0.4, 0.5) is 0 Å². The molecule has 116 valence electrons. The van der Waals surface area contributed by atoms with E-state index in [2.05, 4.69) is 25.5 Å². The van der Waals surface area contributed by atoms with Gasteiger partial charge in [-0.05, 0) is 43.7 Å². The Balaban J connectivity index is 1.88. The van der Waals surface area contributed by atoms with E-state index in [1.54, 1.807) is 16.0 Å². The molecule has 3 rings (SSSR count). The predicted octanol–water partition coefficient (Wildman–Crippen LogP) is 2.46. The molecule has 0 fully saturated rings. The Kier molecular flexibility index (Phi) is 4.00. The first kappa shape index (κ1) is 15.2. The van der Waals surface area contributed by atoms with Gasteiger partial charge in [0.25, 0.3) is 5.56 Å². The molecule has 3 aromatic rings. The molecule has 0 bridgehead atoms. The second-order valence-corrected chi connectivity index (χ2v) is 7.41. The Morgan fingerprint density at radius 2 is 2.14 bits per heavy atom. The molecule has 0 aliphatic heterocycles. The highest BCUT2D eigenvalue weighted by Crippen LogP contribution is 2.27. The number of thiophene rings is 1. The summed E-state index contributed by atoms with van der Waals surface area (Å²) in [7, 11) is 0. The van der Waals surface area contributed by atoms with Crippen LogP contribution in [0, 0.1) is 13.8 Å². The van der Waals surface area contributed by atoms with Gasteiger partial charge in [-0.1, -0.05) is 11.8 Å². The number of nitrogens with one attached hydrogen (secondary N) is 1. The number of tetrazole rings is 1. The van der Waals surface area contributed by atoms with Gasteiger partial charge >= 0.3 is 0 Å². The van der Waals surface area contributed by atoms with Crippen LogP contribution in [-0.2, 0) is 5.75 Å². The molecule has 9 heteroatoms.